The first-order valence-corrected chi connectivity index (χ1v) is 5.40. The van der Waals surface area contributed by atoms with Crippen LogP contribution in [0.2, 0.25) is 0 Å². The zero-order valence-corrected chi connectivity index (χ0v) is 8.37. The molecule has 1 aliphatic heterocycles. The molecule has 2 bridgehead atoms. The van der Waals surface area contributed by atoms with E-state index in [4.69, 9.17) is 5.26 Å². The van der Waals surface area contributed by atoms with Gasteiger partial charge in [-0.15, -0.1) is 0 Å². The highest BCUT2D eigenvalue weighted by Crippen LogP contribution is 2.37. The minimum absolute atomic E-state index is 0.480. The van der Waals surface area contributed by atoms with Crippen LogP contribution in [0.5, 0.6) is 0 Å². The monoisotopic (exact) mass is 178 g/mol. The van der Waals surface area contributed by atoms with Gasteiger partial charge in [0.1, 0.15) is 0 Å². The van der Waals surface area contributed by atoms with Crippen molar-refractivity contribution < 1.29 is 0 Å². The average molecular weight is 178 g/mol. The van der Waals surface area contributed by atoms with Crippen LogP contribution in [-0.2, 0) is 0 Å². The molecule has 0 aromatic heterocycles. The number of rotatable bonds is 2. The van der Waals surface area contributed by atoms with Gasteiger partial charge in [0.15, 0.2) is 0 Å². The molecule has 0 spiro atoms. The molecule has 13 heavy (non-hydrogen) atoms. The summed E-state index contributed by atoms with van der Waals surface area (Å²) < 4.78 is 0. The van der Waals surface area contributed by atoms with Crippen molar-refractivity contribution in [2.24, 2.45) is 11.8 Å². The van der Waals surface area contributed by atoms with Gasteiger partial charge in [-0.3, -0.25) is 4.90 Å². The van der Waals surface area contributed by atoms with Crippen LogP contribution >= 0.6 is 0 Å². The molecule has 2 aliphatic rings. The molecular weight excluding hydrogens is 160 g/mol. The van der Waals surface area contributed by atoms with E-state index < -0.39 is 0 Å². The molecule has 2 heteroatoms. The summed E-state index contributed by atoms with van der Waals surface area (Å²) >= 11 is 0. The van der Waals surface area contributed by atoms with Crippen molar-refractivity contribution in [3.05, 3.63) is 0 Å². The molecule has 2 fully saturated rings. The molecule has 1 heterocycles. The van der Waals surface area contributed by atoms with Gasteiger partial charge in [0.05, 0.1) is 12.5 Å². The Bertz CT molecular complexity index is 207. The summed E-state index contributed by atoms with van der Waals surface area (Å²) in [6.45, 7) is 4.69. The van der Waals surface area contributed by atoms with E-state index in [9.17, 15) is 0 Å². The fourth-order valence-corrected chi connectivity index (χ4v) is 2.87. The fraction of sp³-hybridized carbons (Fsp3) is 0.909. The van der Waals surface area contributed by atoms with Gasteiger partial charge in [-0.25, -0.2) is 0 Å². The molecule has 0 aromatic carbocycles. The molecule has 0 N–H and O–H groups in total. The van der Waals surface area contributed by atoms with Gasteiger partial charge in [-0.1, -0.05) is 0 Å². The summed E-state index contributed by atoms with van der Waals surface area (Å²) in [4.78, 5) is 2.52. The molecule has 1 aliphatic carbocycles. The molecule has 2 nitrogen and oxygen atoms in total. The minimum Gasteiger partial charge on any atom is -0.299 e. The van der Waals surface area contributed by atoms with E-state index in [1.165, 1.54) is 32.4 Å². The predicted octanol–water partition coefficient (Wildman–Crippen LogP) is 2.02. The summed E-state index contributed by atoms with van der Waals surface area (Å²) in [5.41, 5.74) is 0. The third kappa shape index (κ3) is 1.86. The zero-order valence-electron chi connectivity index (χ0n) is 8.37. The molecule has 1 saturated heterocycles. The number of nitriles is 1. The standard InChI is InChI=1S/C11H18N2/c1-9(4-5-12)13-7-10-2-3-11(6-10)8-13/h9-11H,2-4,6-8H2,1H3. The smallest absolute Gasteiger partial charge is 0.0638 e. The summed E-state index contributed by atoms with van der Waals surface area (Å²) in [5.74, 6) is 1.89. The second kappa shape index (κ2) is 3.67. The summed E-state index contributed by atoms with van der Waals surface area (Å²) in [5, 5.41) is 8.64. The van der Waals surface area contributed by atoms with Crippen LogP contribution in [-0.4, -0.2) is 24.0 Å². The first-order chi connectivity index (χ1) is 6.29. The lowest BCUT2D eigenvalue weighted by molar-refractivity contribution is 0.127. The minimum atomic E-state index is 0.480. The highest BCUT2D eigenvalue weighted by atomic mass is 15.2. The number of nitrogens with zero attached hydrogens (tertiary/aromatic N) is 2. The number of hydrogen-bond acceptors (Lipinski definition) is 2. The molecule has 0 amide bonds. The van der Waals surface area contributed by atoms with Crippen LogP contribution in [0.3, 0.4) is 0 Å². The van der Waals surface area contributed by atoms with Crippen LogP contribution in [0, 0.1) is 23.2 Å². The summed E-state index contributed by atoms with van der Waals surface area (Å²) in [7, 11) is 0. The third-order valence-corrected chi connectivity index (χ3v) is 3.65. The Morgan fingerprint density at radius 3 is 2.54 bits per heavy atom. The maximum atomic E-state index is 8.64. The van der Waals surface area contributed by atoms with E-state index in [1.807, 2.05) is 0 Å². The van der Waals surface area contributed by atoms with Crippen molar-refractivity contribution in [2.75, 3.05) is 13.1 Å². The van der Waals surface area contributed by atoms with E-state index in [0.29, 0.717) is 12.5 Å². The van der Waals surface area contributed by atoms with Crippen LogP contribution in [0.1, 0.15) is 32.6 Å². The lowest BCUT2D eigenvalue weighted by atomic mass is 9.97. The highest BCUT2D eigenvalue weighted by Gasteiger charge is 2.34. The van der Waals surface area contributed by atoms with Gasteiger partial charge in [0, 0.05) is 19.1 Å². The Balaban J connectivity index is 1.91. The van der Waals surface area contributed by atoms with E-state index in [-0.39, 0.29) is 0 Å². The van der Waals surface area contributed by atoms with Crippen molar-refractivity contribution in [2.45, 2.75) is 38.6 Å². The van der Waals surface area contributed by atoms with Crippen molar-refractivity contribution in [1.82, 2.24) is 4.90 Å². The molecule has 3 atom stereocenters. The Hall–Kier alpha value is -0.550. The molecule has 72 valence electrons. The van der Waals surface area contributed by atoms with Gasteiger partial charge in [0.2, 0.25) is 0 Å². The molecule has 3 unspecified atom stereocenters. The van der Waals surface area contributed by atoms with Gasteiger partial charge >= 0.3 is 0 Å². The Labute approximate surface area is 80.5 Å². The molecule has 0 aromatic rings. The molecular formula is C11H18N2. The van der Waals surface area contributed by atoms with Gasteiger partial charge in [-0.2, -0.15) is 5.26 Å². The van der Waals surface area contributed by atoms with Crippen molar-refractivity contribution in [1.29, 1.82) is 5.26 Å². The Morgan fingerprint density at radius 1 is 1.38 bits per heavy atom. The SMILES string of the molecule is CC(CC#N)N1CC2CCC(C2)C1. The largest absolute Gasteiger partial charge is 0.299 e. The third-order valence-electron chi connectivity index (χ3n) is 3.65. The average Bonchev–Trinajstić information content (AvgIpc) is 2.46. The fourth-order valence-electron chi connectivity index (χ4n) is 2.87. The van der Waals surface area contributed by atoms with Gasteiger partial charge in [0.25, 0.3) is 0 Å². The van der Waals surface area contributed by atoms with Crippen LogP contribution in [0.4, 0.5) is 0 Å². The summed E-state index contributed by atoms with van der Waals surface area (Å²) in [6.07, 6.45) is 5.01. The quantitative estimate of drug-likeness (QED) is 0.647. The van der Waals surface area contributed by atoms with E-state index in [0.717, 1.165) is 11.8 Å². The molecule has 0 radical (unpaired) electrons. The van der Waals surface area contributed by atoms with Gasteiger partial charge in [-0.05, 0) is 38.0 Å². The summed E-state index contributed by atoms with van der Waals surface area (Å²) in [6, 6.07) is 2.75. The number of hydrogen-bond donors (Lipinski definition) is 0. The maximum absolute atomic E-state index is 8.64. The van der Waals surface area contributed by atoms with E-state index in [2.05, 4.69) is 17.9 Å². The van der Waals surface area contributed by atoms with Crippen LogP contribution in [0.25, 0.3) is 0 Å². The Kier molecular flexibility index (Phi) is 2.55. The van der Waals surface area contributed by atoms with Crippen molar-refractivity contribution in [3.63, 3.8) is 0 Å². The first-order valence-electron chi connectivity index (χ1n) is 5.40. The number of likely N-dealkylation sites (tertiary alicyclic amines) is 1. The van der Waals surface area contributed by atoms with E-state index >= 15 is 0 Å². The second-order valence-electron chi connectivity index (χ2n) is 4.71. The molecule has 1 saturated carbocycles. The maximum Gasteiger partial charge on any atom is 0.0638 e. The topological polar surface area (TPSA) is 27.0 Å². The lowest BCUT2D eigenvalue weighted by Crippen LogP contribution is -2.42. The molecule has 2 rings (SSSR count). The van der Waals surface area contributed by atoms with Crippen LogP contribution < -0.4 is 0 Å². The first kappa shape index (κ1) is 9.02. The zero-order chi connectivity index (χ0) is 9.26. The van der Waals surface area contributed by atoms with E-state index in [1.54, 1.807) is 0 Å². The highest BCUT2D eigenvalue weighted by molar-refractivity contribution is 4.89. The predicted molar refractivity (Wildman–Crippen MR) is 52.1 cm³/mol. The van der Waals surface area contributed by atoms with Crippen LogP contribution in [0.15, 0.2) is 0 Å². The lowest BCUT2D eigenvalue weighted by Gasteiger charge is -2.35. The second-order valence-corrected chi connectivity index (χ2v) is 4.71. The van der Waals surface area contributed by atoms with Gasteiger partial charge < -0.3 is 0 Å². The number of fused-ring (bicyclic) bond motifs is 2. The number of piperidine rings is 1. The van der Waals surface area contributed by atoms with Crippen molar-refractivity contribution >= 4 is 0 Å². The Morgan fingerprint density at radius 2 is 2.00 bits per heavy atom. The van der Waals surface area contributed by atoms with Crippen molar-refractivity contribution in [3.8, 4) is 6.07 Å². The normalized spacial score (nSPS) is 35.7.